The number of aryl methyl sites for hydroxylation is 2. The predicted molar refractivity (Wildman–Crippen MR) is 135 cm³/mol. The van der Waals surface area contributed by atoms with Crippen molar-refractivity contribution in [3.63, 3.8) is 0 Å². The van der Waals surface area contributed by atoms with Crippen LogP contribution in [-0.4, -0.2) is 20.8 Å². The van der Waals surface area contributed by atoms with Gasteiger partial charge in [0.1, 0.15) is 0 Å². The largest absolute Gasteiger partial charge is 0.256 e. The van der Waals surface area contributed by atoms with Gasteiger partial charge in [0.25, 0.3) is 0 Å². The number of benzene rings is 4. The molecule has 0 heterocycles. The van der Waals surface area contributed by atoms with Crippen LogP contribution in [0.1, 0.15) is 22.3 Å². The van der Waals surface area contributed by atoms with Gasteiger partial charge in [-0.15, -0.1) is 0 Å². The Morgan fingerprint density at radius 2 is 0.848 bits per heavy atom. The lowest BCUT2D eigenvalue weighted by Gasteiger charge is -2.05. The molecule has 0 saturated carbocycles. The van der Waals surface area contributed by atoms with Crippen molar-refractivity contribution in [1.29, 1.82) is 0 Å². The molecule has 164 valence electrons. The van der Waals surface area contributed by atoms with Crippen molar-refractivity contribution in [1.82, 2.24) is 0 Å². The highest BCUT2D eigenvalue weighted by molar-refractivity contribution is 7.91. The highest BCUT2D eigenvalue weighted by Gasteiger charge is 2.17. The normalized spacial score (nSPS) is 11.9. The fourth-order valence-electron chi connectivity index (χ4n) is 3.16. The summed E-state index contributed by atoms with van der Waals surface area (Å²) >= 11 is 0. The molecule has 0 aliphatic rings. The molecule has 4 aromatic carbocycles. The number of hydrogen-bond donors (Lipinski definition) is 0. The molecule has 0 fully saturated rings. The highest BCUT2D eigenvalue weighted by atomic mass is 32.2. The second-order valence-corrected chi connectivity index (χ2v) is 9.78. The smallest absolute Gasteiger partial charge is 0.206 e. The monoisotopic (exact) mass is 452 g/mol. The van der Waals surface area contributed by atoms with Crippen molar-refractivity contribution in [2.45, 2.75) is 23.6 Å². The Balaban J connectivity index is 1.47. The molecule has 4 aromatic rings. The third kappa shape index (κ3) is 5.70. The molecular formula is C28H24N2O2S. The van der Waals surface area contributed by atoms with Crippen LogP contribution in [0.4, 0.5) is 11.4 Å². The van der Waals surface area contributed by atoms with Crippen LogP contribution in [0.5, 0.6) is 0 Å². The topological polar surface area (TPSA) is 58.9 Å². The summed E-state index contributed by atoms with van der Waals surface area (Å²) in [7, 11) is -3.62. The van der Waals surface area contributed by atoms with Crippen molar-refractivity contribution in [3.05, 3.63) is 119 Å². The number of nitrogens with zero attached hydrogens (tertiary/aromatic N) is 2. The molecule has 0 atom stereocenters. The van der Waals surface area contributed by atoms with Gasteiger partial charge in [0.15, 0.2) is 0 Å². The molecule has 0 amide bonds. The summed E-state index contributed by atoms with van der Waals surface area (Å²) in [6.45, 7) is 4.07. The van der Waals surface area contributed by atoms with E-state index in [0.29, 0.717) is 11.4 Å². The van der Waals surface area contributed by atoms with E-state index in [1.165, 1.54) is 11.1 Å². The molecule has 0 saturated heterocycles. The van der Waals surface area contributed by atoms with E-state index in [1.54, 1.807) is 61.0 Å². The summed E-state index contributed by atoms with van der Waals surface area (Å²) in [5, 5.41) is 0. The summed E-state index contributed by atoms with van der Waals surface area (Å²) < 4.78 is 26.0. The summed E-state index contributed by atoms with van der Waals surface area (Å²) in [4.78, 5) is 9.32. The molecule has 0 bridgehead atoms. The van der Waals surface area contributed by atoms with E-state index < -0.39 is 9.84 Å². The quantitative estimate of drug-likeness (QED) is 0.308. The Hall–Kier alpha value is -3.83. The van der Waals surface area contributed by atoms with Crippen molar-refractivity contribution in [2.75, 3.05) is 0 Å². The molecule has 5 heteroatoms. The minimum Gasteiger partial charge on any atom is -0.256 e. The van der Waals surface area contributed by atoms with Gasteiger partial charge in [-0.05, 0) is 73.5 Å². The van der Waals surface area contributed by atoms with E-state index in [9.17, 15) is 8.42 Å². The van der Waals surface area contributed by atoms with E-state index >= 15 is 0 Å². The van der Waals surface area contributed by atoms with Gasteiger partial charge >= 0.3 is 0 Å². The average Bonchev–Trinajstić information content (AvgIpc) is 2.84. The van der Waals surface area contributed by atoms with Crippen LogP contribution in [0.2, 0.25) is 0 Å². The highest BCUT2D eigenvalue weighted by Crippen LogP contribution is 2.25. The van der Waals surface area contributed by atoms with Gasteiger partial charge < -0.3 is 0 Å². The Morgan fingerprint density at radius 1 is 0.515 bits per heavy atom. The number of rotatable bonds is 6. The van der Waals surface area contributed by atoms with Crippen molar-refractivity contribution >= 4 is 33.6 Å². The Labute approximate surface area is 194 Å². The van der Waals surface area contributed by atoms with Crippen LogP contribution in [-0.2, 0) is 9.84 Å². The first kappa shape index (κ1) is 22.4. The zero-order chi connectivity index (χ0) is 23.3. The molecule has 0 N–H and O–H groups in total. The maximum Gasteiger partial charge on any atom is 0.206 e. The third-order valence-electron chi connectivity index (χ3n) is 5.17. The van der Waals surface area contributed by atoms with Gasteiger partial charge in [0, 0.05) is 12.4 Å². The maximum atomic E-state index is 13.0. The average molecular weight is 453 g/mol. The predicted octanol–water partition coefficient (Wildman–Crippen LogP) is 6.64. The molecule has 0 aromatic heterocycles. The van der Waals surface area contributed by atoms with Crippen LogP contribution in [0.15, 0.2) is 117 Å². The maximum absolute atomic E-state index is 13.0. The summed E-state index contributed by atoms with van der Waals surface area (Å²) in [5.41, 5.74) is 5.73. The van der Waals surface area contributed by atoms with Crippen LogP contribution in [0, 0.1) is 13.8 Å². The first-order valence-electron chi connectivity index (χ1n) is 10.6. The second-order valence-electron chi connectivity index (χ2n) is 7.83. The first-order chi connectivity index (χ1) is 15.9. The first-order valence-corrected chi connectivity index (χ1v) is 12.1. The summed E-state index contributed by atoms with van der Waals surface area (Å²) in [5.74, 6) is 0. The van der Waals surface area contributed by atoms with Gasteiger partial charge in [0.05, 0.1) is 21.2 Å². The van der Waals surface area contributed by atoms with Gasteiger partial charge in [-0.1, -0.05) is 59.7 Å². The molecule has 0 aliphatic carbocycles. The van der Waals surface area contributed by atoms with Gasteiger partial charge in [-0.2, -0.15) is 0 Å². The Bertz CT molecular complexity index is 1280. The van der Waals surface area contributed by atoms with E-state index in [4.69, 9.17) is 0 Å². The Morgan fingerprint density at radius 3 is 1.18 bits per heavy atom. The number of aliphatic imine (C=N–C) groups is 2. The summed E-state index contributed by atoms with van der Waals surface area (Å²) in [6, 6.07) is 29.2. The molecule has 0 spiro atoms. The molecule has 0 aliphatic heterocycles. The van der Waals surface area contributed by atoms with Crippen LogP contribution in [0.3, 0.4) is 0 Å². The van der Waals surface area contributed by atoms with Crippen molar-refractivity contribution in [3.8, 4) is 0 Å². The van der Waals surface area contributed by atoms with Crippen LogP contribution >= 0.6 is 0 Å². The molecule has 4 nitrogen and oxygen atoms in total. The lowest BCUT2D eigenvalue weighted by atomic mass is 10.2. The molecule has 4 rings (SSSR count). The zero-order valence-electron chi connectivity index (χ0n) is 18.5. The molecule has 0 radical (unpaired) electrons. The van der Waals surface area contributed by atoms with Crippen molar-refractivity contribution < 1.29 is 8.42 Å². The number of sulfone groups is 1. The third-order valence-corrected chi connectivity index (χ3v) is 6.96. The zero-order valence-corrected chi connectivity index (χ0v) is 19.3. The van der Waals surface area contributed by atoms with Gasteiger partial charge in [-0.25, -0.2) is 8.42 Å². The van der Waals surface area contributed by atoms with E-state index in [0.717, 1.165) is 11.1 Å². The fourth-order valence-corrected chi connectivity index (χ4v) is 4.42. The minimum atomic E-state index is -3.62. The standard InChI is InChI=1S/C28H24N2O2S/c1-21-3-7-23(8-4-21)19-29-25-11-15-27(16-12-25)33(31,32)28-17-13-26(14-18-28)30-20-24-9-5-22(2)6-10-24/h3-20H,1-2H3. The lowest BCUT2D eigenvalue weighted by molar-refractivity contribution is 0.596. The van der Waals surface area contributed by atoms with Crippen LogP contribution < -0.4 is 0 Å². The lowest BCUT2D eigenvalue weighted by Crippen LogP contribution is -2.01. The van der Waals surface area contributed by atoms with E-state index in [-0.39, 0.29) is 9.79 Å². The SMILES string of the molecule is Cc1ccc(C=Nc2ccc(S(=O)(=O)c3ccc(N=Cc4ccc(C)cc4)cc3)cc2)cc1. The minimum absolute atomic E-state index is 0.229. The van der Waals surface area contributed by atoms with Gasteiger partial charge in [0.2, 0.25) is 9.84 Å². The second kappa shape index (κ2) is 9.76. The van der Waals surface area contributed by atoms with Crippen LogP contribution in [0.25, 0.3) is 0 Å². The number of hydrogen-bond acceptors (Lipinski definition) is 4. The Kier molecular flexibility index (Phi) is 6.61. The van der Waals surface area contributed by atoms with Crippen molar-refractivity contribution in [2.24, 2.45) is 9.98 Å². The van der Waals surface area contributed by atoms with Gasteiger partial charge in [-0.3, -0.25) is 9.98 Å². The fraction of sp³-hybridized carbons (Fsp3) is 0.0714. The molecule has 33 heavy (non-hydrogen) atoms. The summed E-state index contributed by atoms with van der Waals surface area (Å²) in [6.07, 6.45) is 3.53. The van der Waals surface area contributed by atoms with E-state index in [2.05, 4.69) is 9.98 Å². The molecule has 0 unspecified atom stereocenters. The molecular weight excluding hydrogens is 428 g/mol. The van der Waals surface area contributed by atoms with E-state index in [1.807, 2.05) is 62.4 Å².